The van der Waals surface area contributed by atoms with Crippen molar-refractivity contribution in [2.24, 2.45) is 11.7 Å². The van der Waals surface area contributed by atoms with Gasteiger partial charge in [0.25, 0.3) is 0 Å². The van der Waals surface area contributed by atoms with Gasteiger partial charge in [-0.25, -0.2) is 0 Å². The van der Waals surface area contributed by atoms with Gasteiger partial charge in [0.15, 0.2) is 5.43 Å². The number of amides is 3. The molecule has 11 heteroatoms. The lowest BCUT2D eigenvalue weighted by atomic mass is 10.1. The number of methoxy groups -OCH3 is 1. The molecule has 3 amide bonds. The Balaban J connectivity index is 0.000000224. The predicted molar refractivity (Wildman–Crippen MR) is 205 cm³/mol. The number of aromatic nitrogens is 1. The Morgan fingerprint density at radius 1 is 1.04 bits per heavy atom. The van der Waals surface area contributed by atoms with Crippen molar-refractivity contribution in [1.82, 2.24) is 15.2 Å². The van der Waals surface area contributed by atoms with Gasteiger partial charge in [0, 0.05) is 59.7 Å². The molecule has 10 nitrogen and oxygen atoms in total. The van der Waals surface area contributed by atoms with Crippen LogP contribution in [0.15, 0.2) is 101 Å². The summed E-state index contributed by atoms with van der Waals surface area (Å²) >= 11 is 4.43. The van der Waals surface area contributed by atoms with Crippen LogP contribution in [0.4, 0.5) is 5.69 Å². The number of anilines is 1. The molecular formula is C40H47N5O5S. The van der Waals surface area contributed by atoms with E-state index in [1.54, 1.807) is 30.2 Å². The van der Waals surface area contributed by atoms with E-state index in [-0.39, 0.29) is 23.2 Å². The fourth-order valence-electron chi connectivity index (χ4n) is 6.53. The van der Waals surface area contributed by atoms with E-state index >= 15 is 0 Å². The molecule has 3 aromatic carbocycles. The third-order valence-electron chi connectivity index (χ3n) is 9.52. The van der Waals surface area contributed by atoms with Crippen molar-refractivity contribution in [3.63, 3.8) is 0 Å². The topological polar surface area (TPSA) is 147 Å². The number of carbonyl (C=O) groups is 3. The molecule has 1 aliphatic heterocycles. The van der Waals surface area contributed by atoms with Crippen molar-refractivity contribution < 1.29 is 19.1 Å². The first-order chi connectivity index (χ1) is 24.6. The number of benzene rings is 3. The number of primary amides is 1. The average Bonchev–Trinajstić information content (AvgIpc) is 3.59. The number of pyridine rings is 1. The van der Waals surface area contributed by atoms with Crippen LogP contribution in [0.1, 0.15) is 51.9 Å². The molecule has 1 saturated carbocycles. The van der Waals surface area contributed by atoms with E-state index in [4.69, 9.17) is 10.5 Å². The van der Waals surface area contributed by atoms with Crippen LogP contribution in [-0.4, -0.2) is 59.4 Å². The van der Waals surface area contributed by atoms with E-state index in [9.17, 15) is 19.2 Å². The van der Waals surface area contributed by atoms with E-state index in [1.807, 2.05) is 66.7 Å². The lowest BCUT2D eigenvalue weighted by Gasteiger charge is -2.25. The predicted octanol–water partition coefficient (Wildman–Crippen LogP) is 6.08. The minimum atomic E-state index is -1.01. The van der Waals surface area contributed by atoms with Crippen molar-refractivity contribution in [3.8, 4) is 17.0 Å². The van der Waals surface area contributed by atoms with Crippen LogP contribution in [0.2, 0.25) is 0 Å². The summed E-state index contributed by atoms with van der Waals surface area (Å²) in [6, 6.07) is 24.3. The number of unbranched alkanes of at least 4 members (excludes halogenated alkanes) is 3. The van der Waals surface area contributed by atoms with Crippen molar-refractivity contribution >= 4 is 46.9 Å². The molecule has 2 fully saturated rings. The number of thiol groups is 1. The molecule has 0 bridgehead atoms. The van der Waals surface area contributed by atoms with Crippen LogP contribution in [0.5, 0.6) is 5.75 Å². The van der Waals surface area contributed by atoms with E-state index in [1.165, 1.54) is 6.92 Å². The Hall–Kier alpha value is -5.03. The summed E-state index contributed by atoms with van der Waals surface area (Å²) in [6.45, 7) is 2.95. The van der Waals surface area contributed by atoms with Crippen molar-refractivity contribution in [2.45, 2.75) is 68.3 Å². The number of hydrogen-bond donors (Lipinski definition) is 5. The summed E-state index contributed by atoms with van der Waals surface area (Å²) in [4.78, 5) is 54.5. The Morgan fingerprint density at radius 2 is 1.80 bits per heavy atom. The van der Waals surface area contributed by atoms with Crippen molar-refractivity contribution in [1.29, 1.82) is 0 Å². The number of nitrogens with two attached hydrogens (primary N) is 1. The third kappa shape index (κ3) is 9.40. The molecule has 1 aromatic heterocycles. The van der Waals surface area contributed by atoms with Crippen LogP contribution in [0.25, 0.3) is 22.2 Å². The molecule has 6 rings (SSSR count). The first-order valence-electron chi connectivity index (χ1n) is 17.5. The molecule has 0 spiro atoms. The number of fused-ring (bicyclic) bond motifs is 1. The van der Waals surface area contributed by atoms with Crippen molar-refractivity contribution in [3.05, 3.63) is 101 Å². The number of likely N-dealkylation sites (tertiary alicyclic amines) is 1. The first kappa shape index (κ1) is 37.2. The second-order valence-electron chi connectivity index (χ2n) is 13.1. The Labute approximate surface area is 304 Å². The van der Waals surface area contributed by atoms with Crippen LogP contribution in [0, 0.1) is 5.92 Å². The van der Waals surface area contributed by atoms with Crippen molar-refractivity contribution in [2.75, 3.05) is 25.5 Å². The molecule has 51 heavy (non-hydrogen) atoms. The Morgan fingerprint density at radius 3 is 2.53 bits per heavy atom. The highest BCUT2D eigenvalue weighted by Gasteiger charge is 2.59. The van der Waals surface area contributed by atoms with Crippen LogP contribution >= 0.6 is 12.6 Å². The third-order valence-corrected chi connectivity index (χ3v) is 9.91. The molecule has 3 atom stereocenters. The number of nitrogens with zero attached hydrogens (tertiary/aromatic N) is 1. The monoisotopic (exact) mass is 709 g/mol. The minimum absolute atomic E-state index is 0.00950. The minimum Gasteiger partial charge on any atom is -0.497 e. The maximum absolute atomic E-state index is 12.7. The zero-order chi connectivity index (χ0) is 36.4. The molecule has 1 aliphatic carbocycles. The quantitative estimate of drug-likeness (QED) is 0.0647. The fourth-order valence-corrected chi connectivity index (χ4v) is 6.77. The molecule has 4 aromatic rings. The number of allylic oxidation sites excluding steroid dienone is 1. The molecule has 0 radical (unpaired) electrons. The molecule has 2 aliphatic rings. The number of para-hydroxylation sites is 1. The van der Waals surface area contributed by atoms with Gasteiger partial charge in [0.2, 0.25) is 17.7 Å². The van der Waals surface area contributed by atoms with E-state index < -0.39 is 17.5 Å². The molecule has 268 valence electrons. The van der Waals surface area contributed by atoms with Gasteiger partial charge < -0.3 is 31.0 Å². The lowest BCUT2D eigenvalue weighted by molar-refractivity contribution is -0.138. The number of carbonyl (C=O) groups excluding carboxylic acids is 3. The first-order valence-corrected chi connectivity index (χ1v) is 17.9. The number of nitrogens with one attached hydrogen (secondary N) is 3. The lowest BCUT2D eigenvalue weighted by Crippen LogP contribution is -2.54. The Kier molecular flexibility index (Phi) is 12.6. The van der Waals surface area contributed by atoms with Crippen LogP contribution in [0.3, 0.4) is 0 Å². The number of ether oxygens (including phenoxy) is 1. The highest BCUT2D eigenvalue weighted by Crippen LogP contribution is 2.45. The van der Waals surface area contributed by atoms with E-state index in [0.717, 1.165) is 71.8 Å². The number of H-pyrrole nitrogens is 1. The second kappa shape index (κ2) is 17.3. The van der Waals surface area contributed by atoms with Crippen LogP contribution < -0.4 is 26.5 Å². The molecule has 2 heterocycles. The summed E-state index contributed by atoms with van der Waals surface area (Å²) in [5, 5.41) is 6.92. The van der Waals surface area contributed by atoms with Gasteiger partial charge in [-0.1, -0.05) is 61.0 Å². The molecule has 3 unspecified atom stereocenters. The normalized spacial score (nSPS) is 19.3. The highest BCUT2D eigenvalue weighted by molar-refractivity contribution is 7.80. The summed E-state index contributed by atoms with van der Waals surface area (Å²) in [7, 11) is 1.61. The molecule has 5 N–H and O–H groups in total. The fraction of sp³-hybridized carbons (Fsp3) is 0.350. The highest BCUT2D eigenvalue weighted by atomic mass is 32.1. The van der Waals surface area contributed by atoms with Crippen LogP contribution in [-0.2, 0) is 14.4 Å². The SMILES string of the molecule is CC(=O)N1CCCC1C(=O)NC1(C(N)=O)CC1/C=C\CCCCCNc1ccccc1S.COc1ccc2c(=O)cc(-c3ccccc3)[nH]c2c1. The largest absolute Gasteiger partial charge is 0.497 e. The summed E-state index contributed by atoms with van der Waals surface area (Å²) in [5.74, 6) is -0.253. The zero-order valence-corrected chi connectivity index (χ0v) is 30.1. The molecule has 1 saturated heterocycles. The standard InChI is InChI=1S/C24H34N4O3S.C16H13NO2/c1-17(29)28-15-9-12-20(28)22(30)27-24(23(25)31)16-18(24)10-5-3-2-4-8-14-26-19-11-6-7-13-21(19)32;1-19-12-7-8-13-15(9-12)17-14(10-16(13)18)11-5-3-2-4-6-11/h5-7,10-11,13,18,20,26,32H,2-4,8-9,12,14-16H2,1H3,(H2,25,31)(H,27,30);2-10H,1H3,(H,17,18)/b10-5-;. The van der Waals surface area contributed by atoms with Gasteiger partial charge >= 0.3 is 0 Å². The van der Waals surface area contributed by atoms with Gasteiger partial charge in [0.1, 0.15) is 17.3 Å². The average molecular weight is 710 g/mol. The number of aromatic amines is 1. The second-order valence-corrected chi connectivity index (χ2v) is 13.5. The molecular weight excluding hydrogens is 663 g/mol. The van der Waals surface area contributed by atoms with Gasteiger partial charge in [0.05, 0.1) is 12.6 Å². The summed E-state index contributed by atoms with van der Waals surface area (Å²) in [6.07, 6.45) is 10.1. The summed E-state index contributed by atoms with van der Waals surface area (Å²) in [5.41, 5.74) is 8.26. The maximum Gasteiger partial charge on any atom is 0.243 e. The smallest absolute Gasteiger partial charge is 0.243 e. The number of rotatable bonds is 13. The van der Waals surface area contributed by atoms with E-state index in [0.29, 0.717) is 24.8 Å². The van der Waals surface area contributed by atoms with Gasteiger partial charge in [-0.3, -0.25) is 19.2 Å². The van der Waals surface area contributed by atoms with E-state index in [2.05, 4.69) is 34.3 Å². The zero-order valence-electron chi connectivity index (χ0n) is 29.2. The maximum atomic E-state index is 12.7. The Bertz CT molecular complexity index is 1930. The van der Waals surface area contributed by atoms with Gasteiger partial charge in [-0.05, 0) is 68.4 Å². The van der Waals surface area contributed by atoms with Gasteiger partial charge in [-0.15, -0.1) is 12.6 Å². The number of hydrogen-bond acceptors (Lipinski definition) is 7. The van der Waals surface area contributed by atoms with Gasteiger partial charge in [-0.2, -0.15) is 0 Å². The summed E-state index contributed by atoms with van der Waals surface area (Å²) < 4.78 is 5.19.